The average Bonchev–Trinajstić information content (AvgIpc) is 2.66. The molecule has 1 amide bonds. The van der Waals surface area contributed by atoms with Crippen molar-refractivity contribution >= 4 is 5.91 Å². The molecule has 3 rings (SSSR count). The van der Waals surface area contributed by atoms with Gasteiger partial charge in [0, 0.05) is 24.5 Å². The standard InChI is InChI=1S/C14H22F2N2O2/c1-2-20-11-6-10(13(11)4-3-5-13)18-12(19)9-7-14(15,16)8-17-9/h9-11,17H,2-8H2,1H3,(H,18,19). The molecule has 2 N–H and O–H groups in total. The van der Waals surface area contributed by atoms with Crippen molar-refractivity contribution in [3.8, 4) is 0 Å². The monoisotopic (exact) mass is 288 g/mol. The quantitative estimate of drug-likeness (QED) is 0.823. The van der Waals surface area contributed by atoms with Gasteiger partial charge in [0.05, 0.1) is 18.7 Å². The van der Waals surface area contributed by atoms with Gasteiger partial charge >= 0.3 is 0 Å². The van der Waals surface area contributed by atoms with Crippen molar-refractivity contribution in [1.29, 1.82) is 0 Å². The largest absolute Gasteiger partial charge is 0.378 e. The predicted molar refractivity (Wildman–Crippen MR) is 69.6 cm³/mol. The van der Waals surface area contributed by atoms with Crippen molar-refractivity contribution in [3.63, 3.8) is 0 Å². The van der Waals surface area contributed by atoms with Crippen molar-refractivity contribution in [1.82, 2.24) is 10.6 Å². The van der Waals surface area contributed by atoms with Crippen LogP contribution in [0.4, 0.5) is 8.78 Å². The van der Waals surface area contributed by atoms with Crippen LogP contribution >= 0.6 is 0 Å². The van der Waals surface area contributed by atoms with E-state index in [4.69, 9.17) is 4.74 Å². The van der Waals surface area contributed by atoms with Crippen LogP contribution in [0.25, 0.3) is 0 Å². The second-order valence-electron chi connectivity index (χ2n) is 6.32. The van der Waals surface area contributed by atoms with Crippen LogP contribution in [-0.2, 0) is 9.53 Å². The van der Waals surface area contributed by atoms with Gasteiger partial charge in [-0.25, -0.2) is 8.78 Å². The fraction of sp³-hybridized carbons (Fsp3) is 0.929. The molecule has 1 heterocycles. The molecule has 1 spiro atoms. The molecule has 3 aliphatic rings. The van der Waals surface area contributed by atoms with E-state index in [2.05, 4.69) is 10.6 Å². The van der Waals surface area contributed by atoms with Gasteiger partial charge in [-0.15, -0.1) is 0 Å². The molecular weight excluding hydrogens is 266 g/mol. The van der Waals surface area contributed by atoms with E-state index in [0.29, 0.717) is 6.61 Å². The van der Waals surface area contributed by atoms with Gasteiger partial charge in [0.2, 0.25) is 5.91 Å². The lowest BCUT2D eigenvalue weighted by Gasteiger charge is -2.61. The summed E-state index contributed by atoms with van der Waals surface area (Å²) in [7, 11) is 0. The molecule has 2 saturated carbocycles. The highest BCUT2D eigenvalue weighted by Crippen LogP contribution is 2.57. The molecule has 2 aliphatic carbocycles. The third-order valence-corrected chi connectivity index (χ3v) is 5.18. The number of carbonyl (C=O) groups excluding carboxylic acids is 1. The zero-order valence-corrected chi connectivity index (χ0v) is 11.8. The van der Waals surface area contributed by atoms with Crippen LogP contribution in [0.1, 0.15) is 39.0 Å². The molecule has 20 heavy (non-hydrogen) atoms. The minimum atomic E-state index is -2.76. The molecule has 0 radical (unpaired) electrons. The second-order valence-corrected chi connectivity index (χ2v) is 6.32. The number of amides is 1. The highest BCUT2D eigenvalue weighted by Gasteiger charge is 2.59. The number of carbonyl (C=O) groups is 1. The van der Waals surface area contributed by atoms with E-state index >= 15 is 0 Å². The van der Waals surface area contributed by atoms with Gasteiger partial charge in [0.25, 0.3) is 5.92 Å². The van der Waals surface area contributed by atoms with Crippen molar-refractivity contribution < 1.29 is 18.3 Å². The van der Waals surface area contributed by atoms with E-state index in [9.17, 15) is 13.6 Å². The first-order valence-corrected chi connectivity index (χ1v) is 7.50. The normalized spacial score (nSPS) is 37.2. The highest BCUT2D eigenvalue weighted by atomic mass is 19.3. The fourth-order valence-corrected chi connectivity index (χ4v) is 3.81. The number of nitrogens with one attached hydrogen (secondary N) is 2. The van der Waals surface area contributed by atoms with E-state index in [1.54, 1.807) is 0 Å². The Morgan fingerprint density at radius 3 is 2.70 bits per heavy atom. The van der Waals surface area contributed by atoms with E-state index in [1.165, 1.54) is 0 Å². The van der Waals surface area contributed by atoms with Crippen molar-refractivity contribution in [3.05, 3.63) is 0 Å². The number of rotatable bonds is 4. The van der Waals surface area contributed by atoms with Crippen LogP contribution in [0.15, 0.2) is 0 Å². The van der Waals surface area contributed by atoms with E-state index in [1.807, 2.05) is 6.92 Å². The lowest BCUT2D eigenvalue weighted by atomic mass is 9.51. The summed E-state index contributed by atoms with van der Waals surface area (Å²) >= 11 is 0. The minimum absolute atomic E-state index is 0.0762. The van der Waals surface area contributed by atoms with Crippen LogP contribution < -0.4 is 10.6 Å². The highest BCUT2D eigenvalue weighted by molar-refractivity contribution is 5.82. The molecule has 0 bridgehead atoms. The Balaban J connectivity index is 1.55. The van der Waals surface area contributed by atoms with Gasteiger partial charge in [-0.1, -0.05) is 6.42 Å². The molecule has 3 atom stereocenters. The van der Waals surface area contributed by atoms with Crippen molar-refractivity contribution in [2.45, 2.75) is 63.1 Å². The van der Waals surface area contributed by atoms with E-state index in [0.717, 1.165) is 25.7 Å². The summed E-state index contributed by atoms with van der Waals surface area (Å²) in [5.74, 6) is -3.04. The molecule has 4 nitrogen and oxygen atoms in total. The maximum absolute atomic E-state index is 13.1. The van der Waals surface area contributed by atoms with Gasteiger partial charge in [-0.3, -0.25) is 10.1 Å². The lowest BCUT2D eigenvalue weighted by molar-refractivity contribution is -0.176. The Labute approximate surface area is 117 Å². The summed E-state index contributed by atoms with van der Waals surface area (Å²) in [6.07, 6.45) is 3.93. The van der Waals surface area contributed by atoms with E-state index < -0.39 is 24.9 Å². The topological polar surface area (TPSA) is 50.4 Å². The van der Waals surface area contributed by atoms with Crippen LogP contribution in [0.5, 0.6) is 0 Å². The van der Waals surface area contributed by atoms with E-state index in [-0.39, 0.29) is 23.5 Å². The van der Waals surface area contributed by atoms with Crippen LogP contribution in [0, 0.1) is 5.41 Å². The third-order valence-electron chi connectivity index (χ3n) is 5.18. The molecule has 114 valence electrons. The van der Waals surface area contributed by atoms with Crippen molar-refractivity contribution in [2.75, 3.05) is 13.2 Å². The van der Waals surface area contributed by atoms with Gasteiger partial charge in [0.1, 0.15) is 0 Å². The zero-order valence-electron chi connectivity index (χ0n) is 11.8. The molecule has 6 heteroatoms. The number of alkyl halides is 2. The van der Waals surface area contributed by atoms with Crippen molar-refractivity contribution in [2.24, 2.45) is 5.41 Å². The Morgan fingerprint density at radius 1 is 1.45 bits per heavy atom. The van der Waals surface area contributed by atoms with Gasteiger partial charge in [-0.2, -0.15) is 0 Å². The average molecular weight is 288 g/mol. The maximum atomic E-state index is 13.1. The number of hydrogen-bond acceptors (Lipinski definition) is 3. The molecule has 0 aromatic carbocycles. The molecule has 3 fully saturated rings. The number of halogens is 2. The molecule has 1 aliphatic heterocycles. The Kier molecular flexibility index (Phi) is 3.49. The third kappa shape index (κ3) is 2.22. The summed E-state index contributed by atoms with van der Waals surface area (Å²) < 4.78 is 32.0. The molecule has 3 unspecified atom stereocenters. The minimum Gasteiger partial charge on any atom is -0.378 e. The van der Waals surface area contributed by atoms with Crippen LogP contribution in [0.2, 0.25) is 0 Å². The van der Waals surface area contributed by atoms with Gasteiger partial charge in [0.15, 0.2) is 0 Å². The van der Waals surface area contributed by atoms with Gasteiger partial charge in [-0.05, 0) is 26.2 Å². The summed E-state index contributed by atoms with van der Waals surface area (Å²) in [4.78, 5) is 12.1. The molecular formula is C14H22F2N2O2. The van der Waals surface area contributed by atoms with Crippen LogP contribution in [-0.4, -0.2) is 43.2 Å². The molecule has 1 saturated heterocycles. The summed E-state index contributed by atoms with van der Waals surface area (Å²) in [5.41, 5.74) is 0.0762. The first-order valence-electron chi connectivity index (χ1n) is 7.50. The Morgan fingerprint density at radius 2 is 2.20 bits per heavy atom. The summed E-state index contributed by atoms with van der Waals surface area (Å²) in [6, 6.07) is -0.662. The summed E-state index contributed by atoms with van der Waals surface area (Å²) in [5, 5.41) is 5.57. The molecule has 0 aromatic rings. The number of ether oxygens (including phenoxy) is 1. The zero-order chi connectivity index (χ0) is 14.4. The SMILES string of the molecule is CCOC1CC(NC(=O)C2CC(F)(F)CN2)C12CCC2. The predicted octanol–water partition coefficient (Wildman–Crippen LogP) is 1.45. The Bertz CT molecular complexity index is 399. The maximum Gasteiger partial charge on any atom is 0.262 e. The second kappa shape index (κ2) is 4.91. The first kappa shape index (κ1) is 14.2. The van der Waals surface area contributed by atoms with Gasteiger partial charge < -0.3 is 10.1 Å². The van der Waals surface area contributed by atoms with Crippen LogP contribution in [0.3, 0.4) is 0 Å². The Hall–Kier alpha value is -0.750. The smallest absolute Gasteiger partial charge is 0.262 e. The number of hydrogen-bond donors (Lipinski definition) is 2. The lowest BCUT2D eigenvalue weighted by Crippen LogP contribution is -2.68. The summed E-state index contributed by atoms with van der Waals surface area (Å²) in [6.45, 7) is 2.26. The fourth-order valence-electron chi connectivity index (χ4n) is 3.81. The molecule has 0 aromatic heterocycles. The first-order chi connectivity index (χ1) is 9.47.